The van der Waals surface area contributed by atoms with Crippen LogP contribution in [0.5, 0.6) is 0 Å². The molecule has 4 rings (SSSR count). The van der Waals surface area contributed by atoms with E-state index in [9.17, 15) is 0 Å². The second-order valence-corrected chi connectivity index (χ2v) is 7.14. The molecule has 4 heteroatoms. The number of likely N-dealkylation sites (tertiary alicyclic amines) is 1. The number of piperidine rings is 1. The maximum atomic E-state index is 4.58. The fourth-order valence-corrected chi connectivity index (χ4v) is 4.14. The molecule has 1 saturated heterocycles. The highest BCUT2D eigenvalue weighted by Crippen LogP contribution is 2.32. The first kappa shape index (κ1) is 14.9. The molecule has 0 saturated carbocycles. The number of nitrogens with zero attached hydrogens (tertiary/aromatic N) is 4. The third-order valence-corrected chi connectivity index (χ3v) is 5.63. The predicted octanol–water partition coefficient (Wildman–Crippen LogP) is 3.21. The SMILES string of the molecule is CN1CCC(c2nnc3n2CCC(c2ccccc2)CC3)CC1. The van der Waals surface area contributed by atoms with Crippen molar-refractivity contribution in [1.29, 1.82) is 0 Å². The fraction of sp³-hybridized carbons (Fsp3) is 0.579. The molecule has 0 N–H and O–H groups in total. The number of aromatic nitrogens is 3. The Bertz CT molecular complexity index is 641. The summed E-state index contributed by atoms with van der Waals surface area (Å²) in [6.45, 7) is 3.43. The third-order valence-electron chi connectivity index (χ3n) is 5.63. The molecule has 4 nitrogen and oxygen atoms in total. The molecule has 1 aromatic carbocycles. The molecule has 122 valence electrons. The first-order valence-electron chi connectivity index (χ1n) is 8.96. The van der Waals surface area contributed by atoms with Gasteiger partial charge in [-0.1, -0.05) is 30.3 Å². The monoisotopic (exact) mass is 310 g/mol. The summed E-state index contributed by atoms with van der Waals surface area (Å²) in [5.41, 5.74) is 1.48. The lowest BCUT2D eigenvalue weighted by Gasteiger charge is -2.28. The van der Waals surface area contributed by atoms with Gasteiger partial charge in [0.1, 0.15) is 11.6 Å². The highest BCUT2D eigenvalue weighted by molar-refractivity contribution is 5.20. The molecule has 0 aliphatic carbocycles. The first-order valence-corrected chi connectivity index (χ1v) is 8.96. The number of aryl methyl sites for hydroxylation is 1. The number of fused-ring (bicyclic) bond motifs is 1. The lowest BCUT2D eigenvalue weighted by atomic mass is 9.92. The fourth-order valence-electron chi connectivity index (χ4n) is 4.14. The Labute approximate surface area is 138 Å². The molecule has 1 aromatic heterocycles. The zero-order valence-electron chi connectivity index (χ0n) is 14.0. The number of hydrogen-bond acceptors (Lipinski definition) is 3. The van der Waals surface area contributed by atoms with Crippen molar-refractivity contribution >= 4 is 0 Å². The normalized spacial score (nSPS) is 23.4. The topological polar surface area (TPSA) is 34.0 Å². The van der Waals surface area contributed by atoms with Gasteiger partial charge in [0.2, 0.25) is 0 Å². The smallest absolute Gasteiger partial charge is 0.136 e. The van der Waals surface area contributed by atoms with Gasteiger partial charge in [0.05, 0.1) is 0 Å². The van der Waals surface area contributed by atoms with Crippen LogP contribution >= 0.6 is 0 Å². The molecule has 1 unspecified atom stereocenters. The molecule has 3 heterocycles. The van der Waals surface area contributed by atoms with E-state index in [0.29, 0.717) is 11.8 Å². The van der Waals surface area contributed by atoms with E-state index in [1.165, 1.54) is 56.0 Å². The van der Waals surface area contributed by atoms with Gasteiger partial charge in [-0.05, 0) is 57.3 Å². The number of rotatable bonds is 2. The van der Waals surface area contributed by atoms with Crippen molar-refractivity contribution in [2.24, 2.45) is 0 Å². The average Bonchev–Trinajstić information content (AvgIpc) is 2.88. The summed E-state index contributed by atoms with van der Waals surface area (Å²) in [5.74, 6) is 3.71. The Morgan fingerprint density at radius 2 is 1.61 bits per heavy atom. The van der Waals surface area contributed by atoms with Gasteiger partial charge in [0.15, 0.2) is 0 Å². The van der Waals surface area contributed by atoms with Crippen LogP contribution < -0.4 is 0 Å². The number of benzene rings is 1. The molecule has 0 bridgehead atoms. The van der Waals surface area contributed by atoms with Crippen LogP contribution in [0.25, 0.3) is 0 Å². The minimum absolute atomic E-state index is 0.598. The van der Waals surface area contributed by atoms with Gasteiger partial charge in [-0.3, -0.25) is 0 Å². The zero-order chi connectivity index (χ0) is 15.6. The van der Waals surface area contributed by atoms with Crippen LogP contribution in [0.3, 0.4) is 0 Å². The van der Waals surface area contributed by atoms with Gasteiger partial charge in [-0.25, -0.2) is 0 Å². The van der Waals surface area contributed by atoms with Crippen LogP contribution in [0, 0.1) is 0 Å². The van der Waals surface area contributed by atoms with Crippen molar-refractivity contribution in [3.63, 3.8) is 0 Å². The summed E-state index contributed by atoms with van der Waals surface area (Å²) in [5, 5.41) is 9.12. The third kappa shape index (κ3) is 3.05. The second kappa shape index (κ2) is 6.44. The van der Waals surface area contributed by atoms with E-state index in [1.54, 1.807) is 0 Å². The Balaban J connectivity index is 1.51. The van der Waals surface area contributed by atoms with Crippen LogP contribution in [-0.2, 0) is 13.0 Å². The molecule has 1 atom stereocenters. The van der Waals surface area contributed by atoms with E-state index in [2.05, 4.69) is 57.0 Å². The lowest BCUT2D eigenvalue weighted by Crippen LogP contribution is -2.30. The van der Waals surface area contributed by atoms with Gasteiger partial charge in [-0.15, -0.1) is 10.2 Å². The largest absolute Gasteiger partial charge is 0.315 e. The van der Waals surface area contributed by atoms with E-state index in [4.69, 9.17) is 0 Å². The van der Waals surface area contributed by atoms with Crippen LogP contribution in [0.2, 0.25) is 0 Å². The molecule has 2 aliphatic rings. The molecule has 0 spiro atoms. The zero-order valence-corrected chi connectivity index (χ0v) is 14.0. The quantitative estimate of drug-likeness (QED) is 0.854. The maximum Gasteiger partial charge on any atom is 0.136 e. The number of hydrogen-bond donors (Lipinski definition) is 0. The highest BCUT2D eigenvalue weighted by Gasteiger charge is 2.27. The lowest BCUT2D eigenvalue weighted by molar-refractivity contribution is 0.248. The van der Waals surface area contributed by atoms with E-state index in [-0.39, 0.29) is 0 Å². The van der Waals surface area contributed by atoms with E-state index in [1.807, 2.05) is 0 Å². The first-order chi connectivity index (χ1) is 11.3. The van der Waals surface area contributed by atoms with E-state index in [0.717, 1.165) is 13.0 Å². The molecule has 2 aliphatic heterocycles. The van der Waals surface area contributed by atoms with Crippen molar-refractivity contribution in [3.8, 4) is 0 Å². The van der Waals surface area contributed by atoms with E-state index >= 15 is 0 Å². The van der Waals surface area contributed by atoms with Crippen LogP contribution in [0.1, 0.15) is 54.7 Å². The van der Waals surface area contributed by atoms with Gasteiger partial charge in [-0.2, -0.15) is 0 Å². The molecule has 1 fully saturated rings. The van der Waals surface area contributed by atoms with Crippen molar-refractivity contribution in [2.45, 2.75) is 50.5 Å². The summed E-state index contributed by atoms with van der Waals surface area (Å²) in [4.78, 5) is 2.42. The predicted molar refractivity (Wildman–Crippen MR) is 91.6 cm³/mol. The van der Waals surface area contributed by atoms with Gasteiger partial charge < -0.3 is 9.47 Å². The maximum absolute atomic E-state index is 4.58. The summed E-state index contributed by atoms with van der Waals surface area (Å²) in [6.07, 6.45) is 5.89. The van der Waals surface area contributed by atoms with E-state index < -0.39 is 0 Å². The Morgan fingerprint density at radius 3 is 2.39 bits per heavy atom. The summed E-state index contributed by atoms with van der Waals surface area (Å²) in [6, 6.07) is 11.0. The minimum atomic E-state index is 0.598. The second-order valence-electron chi connectivity index (χ2n) is 7.14. The highest BCUT2D eigenvalue weighted by atomic mass is 15.3. The van der Waals surface area contributed by atoms with Crippen LogP contribution in [0.15, 0.2) is 30.3 Å². The van der Waals surface area contributed by atoms with Crippen molar-refractivity contribution in [3.05, 3.63) is 47.5 Å². The minimum Gasteiger partial charge on any atom is -0.315 e. The van der Waals surface area contributed by atoms with Gasteiger partial charge in [0, 0.05) is 18.9 Å². The Morgan fingerprint density at radius 1 is 0.870 bits per heavy atom. The van der Waals surface area contributed by atoms with Crippen LogP contribution in [0.4, 0.5) is 0 Å². The van der Waals surface area contributed by atoms with Gasteiger partial charge in [0.25, 0.3) is 0 Å². The molecular formula is C19H26N4. The van der Waals surface area contributed by atoms with Crippen molar-refractivity contribution in [1.82, 2.24) is 19.7 Å². The van der Waals surface area contributed by atoms with Gasteiger partial charge >= 0.3 is 0 Å². The van der Waals surface area contributed by atoms with Crippen molar-refractivity contribution < 1.29 is 0 Å². The average molecular weight is 310 g/mol. The summed E-state index contributed by atoms with van der Waals surface area (Å²) in [7, 11) is 2.21. The molecule has 0 amide bonds. The molecular weight excluding hydrogens is 284 g/mol. The molecule has 23 heavy (non-hydrogen) atoms. The summed E-state index contributed by atoms with van der Waals surface area (Å²) >= 11 is 0. The van der Waals surface area contributed by atoms with Crippen LogP contribution in [-0.4, -0.2) is 39.8 Å². The Kier molecular flexibility index (Phi) is 4.17. The molecule has 0 radical (unpaired) electrons. The Hall–Kier alpha value is -1.68. The standard InChI is InChI=1S/C19H26N4/c1-22-12-9-17(10-13-22)19-21-20-18-8-7-16(11-14-23(18)19)15-5-3-2-4-6-15/h2-6,16-17H,7-14H2,1H3. The van der Waals surface area contributed by atoms with Crippen molar-refractivity contribution in [2.75, 3.05) is 20.1 Å². The summed E-state index contributed by atoms with van der Waals surface area (Å²) < 4.78 is 2.44. The molecule has 2 aromatic rings.